The van der Waals surface area contributed by atoms with Crippen LogP contribution in [0.5, 0.6) is 0 Å². The number of rotatable bonds is 19. The molecule has 0 aliphatic rings. The highest BCUT2D eigenvalue weighted by atomic mass is 19.2. The number of hydrogen-bond acceptors (Lipinski definition) is 0. The minimum Gasteiger partial charge on any atom is -0.350 e. The van der Waals surface area contributed by atoms with Crippen molar-refractivity contribution in [2.75, 3.05) is 0 Å². The van der Waals surface area contributed by atoms with Crippen LogP contribution in [0.1, 0.15) is 0 Å². The highest BCUT2D eigenvalue weighted by molar-refractivity contribution is 7.90. The van der Waals surface area contributed by atoms with Gasteiger partial charge < -0.3 is 86.3 Å². The molecule has 0 amide bonds. The first kappa shape index (κ1) is 39.9. The Kier molecular flexibility index (Phi) is 17.8. The third-order valence-electron chi connectivity index (χ3n) is 5.41. The first-order valence-corrected chi connectivity index (χ1v) is 10.7. The van der Waals surface area contributed by atoms with Crippen LogP contribution in [0.25, 0.3) is 0 Å². The predicted octanol–water partition coefficient (Wildman–Crippen LogP) is 0.788. The minimum atomic E-state index is -4.50. The molecule has 0 aliphatic carbocycles. The summed E-state index contributed by atoms with van der Waals surface area (Å²) in [5, 5.41) is 0. The van der Waals surface area contributed by atoms with E-state index in [0.717, 1.165) is 0 Å². The number of hydrogen-bond donors (Lipinski definition) is 0. The first-order valence-electron chi connectivity index (χ1n) is 10.7. The normalized spacial score (nSPS) is 10.0. The molecule has 0 atom stereocenters. The van der Waals surface area contributed by atoms with Gasteiger partial charge in [0.2, 0.25) is 0 Å². The maximum absolute atomic E-state index is 13.8. The van der Waals surface area contributed by atoms with E-state index in [1.165, 1.54) is 0 Å². The van der Waals surface area contributed by atoms with Gasteiger partial charge in [0.05, 0.1) is 0 Å². The molecule has 0 spiro atoms. The molecular weight excluding hydrogens is 596 g/mol. The van der Waals surface area contributed by atoms with Gasteiger partial charge in [-0.25, -0.2) is 0 Å². The Morgan fingerprint density at radius 3 is 0.400 bits per heavy atom. The van der Waals surface area contributed by atoms with E-state index in [1.807, 2.05) is 0 Å². The van der Waals surface area contributed by atoms with E-state index in [9.17, 15) is 86.3 Å². The van der Waals surface area contributed by atoms with Crippen molar-refractivity contribution in [2.24, 2.45) is 0 Å². The van der Waals surface area contributed by atoms with Crippen molar-refractivity contribution in [2.45, 2.75) is 0 Å². The highest BCUT2D eigenvalue weighted by Gasteiger charge is 2.68. The van der Waals surface area contributed by atoms with Crippen molar-refractivity contribution in [3.8, 4) is 0 Å². The second kappa shape index (κ2) is 17.9. The fraction of sp³-hybridized carbons (Fsp3) is 0. The molecule has 200 valence electrons. The van der Waals surface area contributed by atoms with Gasteiger partial charge in [0.1, 0.15) is 0 Å². The molecule has 0 rings (SSSR count). The summed E-state index contributed by atoms with van der Waals surface area (Å²) in [5.74, 6) is 0. The van der Waals surface area contributed by atoms with E-state index >= 15 is 0 Å². The van der Waals surface area contributed by atoms with E-state index in [-0.39, 0.29) is 0 Å². The summed E-state index contributed by atoms with van der Waals surface area (Å²) in [7, 11) is -2.39. The second-order valence-electron chi connectivity index (χ2n) is 8.25. The average Bonchev–Trinajstić information content (AvgIpc) is 2.97. The first-order chi connectivity index (χ1) is 18.3. The van der Waals surface area contributed by atoms with Crippen LogP contribution in [0.3, 0.4) is 0 Å². The Morgan fingerprint density at radius 2 is 0.300 bits per heavy atom. The Bertz CT molecular complexity index is 634. The molecule has 0 unspecified atom stereocenters. The lowest BCUT2D eigenvalue weighted by Gasteiger charge is -2.17. The van der Waals surface area contributed by atoms with E-state index < -0.39 is 137 Å². The predicted molar refractivity (Wildman–Crippen MR) is 137 cm³/mol. The second-order valence-corrected chi connectivity index (χ2v) is 8.25. The maximum atomic E-state index is 13.8. The summed E-state index contributed by atoms with van der Waals surface area (Å²) >= 11 is 0. The summed E-state index contributed by atoms with van der Waals surface area (Å²) < 4.78 is 266. The third-order valence-corrected chi connectivity index (χ3v) is 5.41. The van der Waals surface area contributed by atoms with Crippen LogP contribution in [0.2, 0.25) is 0 Å². The molecule has 0 aromatic rings. The topological polar surface area (TPSA) is 0 Å². The van der Waals surface area contributed by atoms with Crippen LogP contribution in [-0.4, -0.2) is 137 Å². The number of halogens is 20. The molecule has 0 saturated carbocycles. The van der Waals surface area contributed by atoms with Crippen LogP contribution in [-0.2, 0) is 0 Å². The molecule has 0 heterocycles. The molecule has 0 aromatic carbocycles. The largest absolute Gasteiger partial charge is 0.350 e. The average molecular weight is 596 g/mol. The van der Waals surface area contributed by atoms with Gasteiger partial charge >= 0.3 is 137 Å². The van der Waals surface area contributed by atoms with Crippen molar-refractivity contribution in [1.29, 1.82) is 0 Å². The molecule has 0 nitrogen and oxygen atoms in total. The molecule has 2 radical (unpaired) electrons. The van der Waals surface area contributed by atoms with E-state index in [1.54, 1.807) is 0 Å². The summed E-state index contributed by atoms with van der Waals surface area (Å²) in [6, 6.07) is 0. The van der Waals surface area contributed by atoms with Gasteiger partial charge in [-0.05, 0) is 0 Å². The van der Waals surface area contributed by atoms with Gasteiger partial charge in [0.15, 0.2) is 0 Å². The highest BCUT2D eigenvalue weighted by Crippen LogP contribution is 2.20. The standard InChI is InChI=1S/B20F20/c21-1-3(23)5(25)7(27)9(29)11(31)13(33)15(35)17(37)19(39)20(40)18(38)16(36)14(34)12(32)10(30)8(28)6(26)4(24)2-22. The van der Waals surface area contributed by atoms with Crippen molar-refractivity contribution < 1.29 is 86.3 Å². The van der Waals surface area contributed by atoms with Crippen LogP contribution in [0, 0.1) is 0 Å². The van der Waals surface area contributed by atoms with Crippen molar-refractivity contribution in [3.63, 3.8) is 0 Å². The van der Waals surface area contributed by atoms with Crippen LogP contribution in [0.15, 0.2) is 0 Å². The summed E-state index contributed by atoms with van der Waals surface area (Å²) in [4.78, 5) is 0. The minimum absolute atomic E-state index is 1.19. The van der Waals surface area contributed by atoms with Gasteiger partial charge in [-0.3, -0.25) is 0 Å². The zero-order chi connectivity index (χ0) is 31.8. The van der Waals surface area contributed by atoms with Crippen LogP contribution < -0.4 is 0 Å². The van der Waals surface area contributed by atoms with E-state index in [0.29, 0.717) is 0 Å². The van der Waals surface area contributed by atoms with Crippen molar-refractivity contribution in [3.05, 3.63) is 0 Å². The van der Waals surface area contributed by atoms with Crippen molar-refractivity contribution in [1.82, 2.24) is 0 Å². The van der Waals surface area contributed by atoms with Crippen molar-refractivity contribution >= 4 is 137 Å². The van der Waals surface area contributed by atoms with E-state index in [4.69, 9.17) is 0 Å². The molecule has 0 aromatic heterocycles. The Hall–Kier alpha value is -0.101. The Labute approximate surface area is 223 Å². The molecule has 40 heavy (non-hydrogen) atoms. The van der Waals surface area contributed by atoms with Gasteiger partial charge in [-0.2, -0.15) is 0 Å². The quantitative estimate of drug-likeness (QED) is 0.153. The van der Waals surface area contributed by atoms with Gasteiger partial charge in [-0.15, -0.1) is 0 Å². The lowest BCUT2D eigenvalue weighted by Crippen LogP contribution is -2.68. The monoisotopic (exact) mass is 600 g/mol. The Morgan fingerprint density at radius 1 is 0.200 bits per heavy atom. The lowest BCUT2D eigenvalue weighted by atomic mass is 8.74. The third kappa shape index (κ3) is 9.98. The summed E-state index contributed by atoms with van der Waals surface area (Å²) in [6.45, 7) is -75.7. The lowest BCUT2D eigenvalue weighted by molar-refractivity contribution is 0.775. The van der Waals surface area contributed by atoms with Gasteiger partial charge in [0.25, 0.3) is 0 Å². The molecule has 0 N–H and O–H groups in total. The molecule has 0 fully saturated rings. The zero-order valence-corrected chi connectivity index (χ0v) is 19.1. The van der Waals surface area contributed by atoms with E-state index in [2.05, 4.69) is 0 Å². The molecular formula is B20F20. The zero-order valence-electron chi connectivity index (χ0n) is 19.1. The Balaban J connectivity index is 5.39. The molecule has 0 saturated heterocycles. The fourth-order valence-corrected chi connectivity index (χ4v) is 2.95. The molecule has 40 heteroatoms. The smallest absolute Gasteiger partial charge is 0.350 e. The summed E-state index contributed by atoms with van der Waals surface area (Å²) in [6.07, 6.45) is 0. The van der Waals surface area contributed by atoms with Crippen LogP contribution in [0.4, 0.5) is 86.3 Å². The SMILES string of the molecule is F[B]B(F)B(F)B(F)B(F)B(F)B(F)B(F)B(F)B(F)B(F)B(F)B(F)B(F)B(F)B(F)B(F)B(F)B(F)[B]F. The fourth-order valence-electron chi connectivity index (χ4n) is 2.95. The maximum Gasteiger partial charge on any atom is 0.350 e. The van der Waals surface area contributed by atoms with Gasteiger partial charge in [0, 0.05) is 0 Å². The molecule has 0 aliphatic heterocycles. The van der Waals surface area contributed by atoms with Gasteiger partial charge in [-0.1, -0.05) is 0 Å². The summed E-state index contributed by atoms with van der Waals surface area (Å²) in [5.41, 5.74) is 0. The molecule has 0 bridgehead atoms. The van der Waals surface area contributed by atoms with Crippen LogP contribution >= 0.6 is 0 Å².